The smallest absolute Gasteiger partial charge is 0.266 e. The Hall–Kier alpha value is -2.55. The van der Waals surface area contributed by atoms with E-state index in [0.717, 1.165) is 41.3 Å². The number of aromatic nitrogens is 1. The van der Waals surface area contributed by atoms with Gasteiger partial charge in [-0.25, -0.2) is 4.98 Å². The van der Waals surface area contributed by atoms with Crippen molar-refractivity contribution in [2.45, 2.75) is 20.8 Å². The molecule has 0 fully saturated rings. The average molecular weight is 494 g/mol. The van der Waals surface area contributed by atoms with Crippen LogP contribution in [0.1, 0.15) is 20.8 Å². The maximum atomic E-state index is 13.2. The number of rotatable bonds is 12. The number of nitrogens with zero attached hydrogens (tertiary/aromatic N) is 3. The van der Waals surface area contributed by atoms with E-state index in [0.29, 0.717) is 24.0 Å². The molecule has 180 valence electrons. The number of thiazole rings is 1. The van der Waals surface area contributed by atoms with Crippen molar-refractivity contribution in [3.63, 3.8) is 0 Å². The summed E-state index contributed by atoms with van der Waals surface area (Å²) in [4.78, 5) is 22.0. The molecule has 7 nitrogen and oxygen atoms in total. The van der Waals surface area contributed by atoms with Crippen LogP contribution in [0.15, 0.2) is 42.5 Å². The zero-order valence-electron chi connectivity index (χ0n) is 19.6. The van der Waals surface area contributed by atoms with Gasteiger partial charge in [0, 0.05) is 13.1 Å². The first kappa shape index (κ1) is 26.7. The van der Waals surface area contributed by atoms with Crippen molar-refractivity contribution in [2.75, 3.05) is 51.4 Å². The summed E-state index contributed by atoms with van der Waals surface area (Å²) in [6.07, 6.45) is 0. The van der Waals surface area contributed by atoms with Gasteiger partial charge in [0.2, 0.25) is 0 Å². The second-order valence-corrected chi connectivity index (χ2v) is 8.08. The number of amides is 1. The van der Waals surface area contributed by atoms with E-state index >= 15 is 0 Å². The van der Waals surface area contributed by atoms with Crippen molar-refractivity contribution in [1.29, 1.82) is 0 Å². The van der Waals surface area contributed by atoms with Gasteiger partial charge >= 0.3 is 0 Å². The first-order chi connectivity index (χ1) is 15.6. The number of para-hydroxylation sites is 1. The minimum atomic E-state index is -0.134. The minimum absolute atomic E-state index is 0. The Morgan fingerprint density at radius 1 is 0.970 bits per heavy atom. The lowest BCUT2D eigenvalue weighted by Gasteiger charge is -2.24. The normalized spacial score (nSPS) is 10.7. The summed E-state index contributed by atoms with van der Waals surface area (Å²) >= 11 is 1.49. The number of halogens is 1. The van der Waals surface area contributed by atoms with Crippen LogP contribution in [-0.2, 0) is 4.79 Å². The van der Waals surface area contributed by atoms with E-state index in [2.05, 4.69) is 18.7 Å². The summed E-state index contributed by atoms with van der Waals surface area (Å²) in [5.74, 6) is 1.96. The number of methoxy groups -OCH3 is 1. The Bertz CT molecular complexity index is 1010. The molecule has 1 amide bonds. The molecule has 0 aliphatic carbocycles. The monoisotopic (exact) mass is 493 g/mol. The Morgan fingerprint density at radius 2 is 1.67 bits per heavy atom. The maximum Gasteiger partial charge on any atom is 0.266 e. The van der Waals surface area contributed by atoms with E-state index in [1.165, 1.54) is 11.3 Å². The Labute approximate surface area is 205 Å². The molecule has 0 spiro atoms. The van der Waals surface area contributed by atoms with Crippen LogP contribution in [0.25, 0.3) is 10.2 Å². The molecule has 0 unspecified atom stereocenters. The fraction of sp³-hybridized carbons (Fsp3) is 0.417. The van der Waals surface area contributed by atoms with E-state index in [9.17, 15) is 4.79 Å². The van der Waals surface area contributed by atoms with Gasteiger partial charge in [0.15, 0.2) is 11.7 Å². The van der Waals surface area contributed by atoms with Crippen LogP contribution in [-0.4, -0.2) is 62.3 Å². The molecule has 0 N–H and O–H groups in total. The molecule has 0 radical (unpaired) electrons. The summed E-state index contributed by atoms with van der Waals surface area (Å²) in [5, 5.41) is 0.655. The third kappa shape index (κ3) is 6.96. The van der Waals surface area contributed by atoms with Crippen LogP contribution in [0.2, 0.25) is 0 Å². The standard InChI is InChI=1S/C24H31N3O4S.ClH/c1-5-26(6-2)15-16-27(22(28)17-31-19-13-11-18(29-4)12-14-19)24-25-23-20(30-7-3)9-8-10-21(23)32-24;/h8-14H,5-7,15-17H2,1-4H3;1H. The van der Waals surface area contributed by atoms with E-state index in [-0.39, 0.29) is 24.9 Å². The van der Waals surface area contributed by atoms with Crippen molar-refractivity contribution in [2.24, 2.45) is 0 Å². The van der Waals surface area contributed by atoms with Crippen LogP contribution in [0.4, 0.5) is 5.13 Å². The van der Waals surface area contributed by atoms with Crippen LogP contribution in [0, 0.1) is 0 Å². The fourth-order valence-electron chi connectivity index (χ4n) is 3.30. The number of ether oxygens (including phenoxy) is 3. The molecule has 0 saturated carbocycles. The highest BCUT2D eigenvalue weighted by atomic mass is 35.5. The Kier molecular flexibility index (Phi) is 10.7. The van der Waals surface area contributed by atoms with Gasteiger partial charge in [-0.2, -0.15) is 0 Å². The van der Waals surface area contributed by atoms with Crippen molar-refractivity contribution < 1.29 is 19.0 Å². The lowest BCUT2D eigenvalue weighted by atomic mass is 10.3. The molecule has 0 aliphatic heterocycles. The summed E-state index contributed by atoms with van der Waals surface area (Å²) in [5.41, 5.74) is 0.783. The number of benzene rings is 2. The number of hydrogen-bond donors (Lipinski definition) is 0. The van der Waals surface area contributed by atoms with Crippen molar-refractivity contribution in [3.05, 3.63) is 42.5 Å². The third-order valence-corrected chi connectivity index (χ3v) is 6.20. The van der Waals surface area contributed by atoms with Crippen molar-refractivity contribution >= 4 is 45.0 Å². The number of anilines is 1. The first-order valence-electron chi connectivity index (χ1n) is 10.9. The second-order valence-electron chi connectivity index (χ2n) is 7.07. The molecule has 3 aromatic rings. The summed E-state index contributed by atoms with van der Waals surface area (Å²) in [6.45, 7) is 9.83. The van der Waals surface area contributed by atoms with E-state index in [4.69, 9.17) is 19.2 Å². The molecule has 0 saturated heterocycles. The van der Waals surface area contributed by atoms with Gasteiger partial charge < -0.3 is 19.1 Å². The molecule has 1 heterocycles. The van der Waals surface area contributed by atoms with E-state index in [1.54, 1.807) is 36.3 Å². The Balaban J connectivity index is 0.00000385. The molecule has 0 atom stereocenters. The van der Waals surface area contributed by atoms with Gasteiger partial charge in [-0.15, -0.1) is 12.4 Å². The van der Waals surface area contributed by atoms with Gasteiger partial charge in [0.05, 0.1) is 18.4 Å². The highest BCUT2D eigenvalue weighted by Gasteiger charge is 2.22. The summed E-state index contributed by atoms with van der Waals surface area (Å²) in [7, 11) is 1.61. The summed E-state index contributed by atoms with van der Waals surface area (Å²) in [6, 6.07) is 13.0. The predicted molar refractivity (Wildman–Crippen MR) is 137 cm³/mol. The lowest BCUT2D eigenvalue weighted by Crippen LogP contribution is -2.41. The molecule has 0 bridgehead atoms. The molecular formula is C24H32ClN3O4S. The molecular weight excluding hydrogens is 462 g/mol. The van der Waals surface area contributed by atoms with E-state index < -0.39 is 0 Å². The van der Waals surface area contributed by atoms with Gasteiger partial charge in [-0.05, 0) is 56.4 Å². The van der Waals surface area contributed by atoms with Crippen molar-refractivity contribution in [1.82, 2.24) is 9.88 Å². The molecule has 1 aromatic heterocycles. The number of likely N-dealkylation sites (N-methyl/N-ethyl adjacent to an activating group) is 1. The third-order valence-electron chi connectivity index (χ3n) is 5.16. The average Bonchev–Trinajstić information content (AvgIpc) is 3.26. The quantitative estimate of drug-likeness (QED) is 0.358. The lowest BCUT2D eigenvalue weighted by molar-refractivity contribution is -0.120. The molecule has 3 rings (SSSR count). The Morgan fingerprint density at radius 3 is 2.30 bits per heavy atom. The predicted octanol–water partition coefficient (Wildman–Crippen LogP) is 4.88. The van der Waals surface area contributed by atoms with Gasteiger partial charge in [-0.1, -0.05) is 31.3 Å². The van der Waals surface area contributed by atoms with Gasteiger partial charge in [-0.3, -0.25) is 9.69 Å². The second kappa shape index (κ2) is 13.2. The molecule has 33 heavy (non-hydrogen) atoms. The first-order valence-corrected chi connectivity index (χ1v) is 11.7. The largest absolute Gasteiger partial charge is 0.497 e. The van der Waals surface area contributed by atoms with Crippen LogP contribution in [0.5, 0.6) is 17.2 Å². The number of carbonyl (C=O) groups is 1. The van der Waals surface area contributed by atoms with Gasteiger partial charge in [0.25, 0.3) is 5.91 Å². The van der Waals surface area contributed by atoms with Gasteiger partial charge in [0.1, 0.15) is 22.8 Å². The van der Waals surface area contributed by atoms with Crippen LogP contribution < -0.4 is 19.1 Å². The molecule has 2 aromatic carbocycles. The minimum Gasteiger partial charge on any atom is -0.497 e. The van der Waals surface area contributed by atoms with Crippen LogP contribution >= 0.6 is 23.7 Å². The fourth-order valence-corrected chi connectivity index (χ4v) is 4.33. The topological polar surface area (TPSA) is 64.1 Å². The highest BCUT2D eigenvalue weighted by molar-refractivity contribution is 7.22. The molecule has 0 aliphatic rings. The number of hydrogen-bond acceptors (Lipinski definition) is 7. The SMILES string of the molecule is CCOc1cccc2sc(N(CCN(CC)CC)C(=O)COc3ccc(OC)cc3)nc12.Cl. The van der Waals surface area contributed by atoms with Crippen molar-refractivity contribution in [3.8, 4) is 17.2 Å². The number of fused-ring (bicyclic) bond motifs is 1. The number of carbonyl (C=O) groups excluding carboxylic acids is 1. The van der Waals surface area contributed by atoms with Crippen LogP contribution in [0.3, 0.4) is 0 Å². The summed E-state index contributed by atoms with van der Waals surface area (Å²) < 4.78 is 17.6. The molecule has 9 heteroatoms. The van der Waals surface area contributed by atoms with E-state index in [1.807, 2.05) is 25.1 Å². The zero-order chi connectivity index (χ0) is 22.9. The zero-order valence-corrected chi connectivity index (χ0v) is 21.2. The highest BCUT2D eigenvalue weighted by Crippen LogP contribution is 2.34. The maximum absolute atomic E-state index is 13.2.